The molecule has 0 unspecified atom stereocenters. The second-order valence-corrected chi connectivity index (χ2v) is 8.33. The summed E-state index contributed by atoms with van der Waals surface area (Å²) >= 11 is 0. The molecule has 2 N–H and O–H groups in total. The molecular formula is C20H30FN5O3. The fourth-order valence-electron chi connectivity index (χ4n) is 4.75. The monoisotopic (exact) mass is 407 g/mol. The molecule has 1 saturated carbocycles. The van der Waals surface area contributed by atoms with E-state index >= 15 is 0 Å². The number of carbonyl (C=O) groups excluding carboxylic acids is 1. The lowest BCUT2D eigenvalue weighted by molar-refractivity contribution is -0.123. The van der Waals surface area contributed by atoms with Crippen molar-refractivity contribution >= 4 is 17.7 Å². The van der Waals surface area contributed by atoms with Gasteiger partial charge in [-0.2, -0.15) is 4.98 Å². The summed E-state index contributed by atoms with van der Waals surface area (Å²) in [7, 11) is 0. The van der Waals surface area contributed by atoms with Crippen molar-refractivity contribution in [2.75, 3.05) is 49.2 Å². The summed E-state index contributed by atoms with van der Waals surface area (Å²) in [5.41, 5.74) is 0. The van der Waals surface area contributed by atoms with E-state index in [0.29, 0.717) is 62.7 Å². The fraction of sp³-hybridized carbons (Fsp3) is 0.750. The normalized spacial score (nSPS) is 29.6. The Morgan fingerprint density at radius 3 is 2.72 bits per heavy atom. The van der Waals surface area contributed by atoms with Crippen LogP contribution in [-0.4, -0.2) is 72.5 Å². The predicted molar refractivity (Wildman–Crippen MR) is 106 cm³/mol. The summed E-state index contributed by atoms with van der Waals surface area (Å²) in [6.45, 7) is 5.83. The number of nitrogens with zero attached hydrogens (tertiary/aromatic N) is 4. The van der Waals surface area contributed by atoms with E-state index in [1.165, 1.54) is 6.20 Å². The molecule has 29 heavy (non-hydrogen) atoms. The number of hydrogen-bond donors (Lipinski definition) is 2. The molecule has 9 heteroatoms. The quantitative estimate of drug-likeness (QED) is 0.751. The Labute approximate surface area is 170 Å². The molecule has 1 amide bonds. The van der Waals surface area contributed by atoms with Gasteiger partial charge < -0.3 is 25.0 Å². The van der Waals surface area contributed by atoms with Crippen LogP contribution in [0.3, 0.4) is 0 Å². The molecule has 1 aliphatic carbocycles. The Morgan fingerprint density at radius 2 is 2.00 bits per heavy atom. The summed E-state index contributed by atoms with van der Waals surface area (Å²) in [6, 6.07) is -0.201. The maximum atomic E-state index is 14.3. The van der Waals surface area contributed by atoms with E-state index in [1.807, 2.05) is 11.8 Å². The van der Waals surface area contributed by atoms with Gasteiger partial charge in [-0.3, -0.25) is 4.79 Å². The van der Waals surface area contributed by atoms with Crippen molar-refractivity contribution in [1.29, 1.82) is 0 Å². The number of carbonyl (C=O) groups is 1. The van der Waals surface area contributed by atoms with Crippen molar-refractivity contribution in [2.24, 2.45) is 11.8 Å². The lowest BCUT2D eigenvalue weighted by atomic mass is 9.77. The van der Waals surface area contributed by atoms with E-state index in [0.717, 1.165) is 25.9 Å². The van der Waals surface area contributed by atoms with E-state index < -0.39 is 11.9 Å². The van der Waals surface area contributed by atoms with Crippen LogP contribution in [0.1, 0.15) is 32.6 Å². The van der Waals surface area contributed by atoms with Crippen molar-refractivity contribution in [3.63, 3.8) is 0 Å². The number of ether oxygens (including phenoxy) is 1. The maximum Gasteiger partial charge on any atom is 0.227 e. The molecule has 3 fully saturated rings. The topological polar surface area (TPSA) is 90.8 Å². The summed E-state index contributed by atoms with van der Waals surface area (Å²) in [4.78, 5) is 24.7. The van der Waals surface area contributed by atoms with Gasteiger partial charge in [-0.1, -0.05) is 6.92 Å². The first-order chi connectivity index (χ1) is 14.0. The molecule has 0 bridgehead atoms. The molecule has 8 nitrogen and oxygen atoms in total. The zero-order chi connectivity index (χ0) is 20.4. The number of aliphatic hydroxyl groups is 1. The Kier molecular flexibility index (Phi) is 6.15. The summed E-state index contributed by atoms with van der Waals surface area (Å²) in [5, 5.41) is 13.5. The summed E-state index contributed by atoms with van der Waals surface area (Å²) in [5.74, 6) is 1.13. The molecule has 0 radical (unpaired) electrons. The van der Waals surface area contributed by atoms with Gasteiger partial charge in [0.2, 0.25) is 11.9 Å². The average Bonchev–Trinajstić information content (AvgIpc) is 3.12. The van der Waals surface area contributed by atoms with E-state index in [1.54, 1.807) is 0 Å². The van der Waals surface area contributed by atoms with Gasteiger partial charge in [-0.05, 0) is 31.1 Å². The molecule has 4 rings (SSSR count). The van der Waals surface area contributed by atoms with Crippen LogP contribution in [0.4, 0.5) is 16.2 Å². The first kappa shape index (κ1) is 20.3. The van der Waals surface area contributed by atoms with Crippen LogP contribution in [0.5, 0.6) is 0 Å². The highest BCUT2D eigenvalue weighted by atomic mass is 19.1. The number of fused-ring (bicyclic) bond motifs is 1. The van der Waals surface area contributed by atoms with E-state index in [4.69, 9.17) is 4.74 Å². The fourth-order valence-corrected chi connectivity index (χ4v) is 4.75. The second-order valence-electron chi connectivity index (χ2n) is 8.33. The summed E-state index contributed by atoms with van der Waals surface area (Å²) in [6.07, 6.45) is 3.39. The molecule has 0 spiro atoms. The van der Waals surface area contributed by atoms with Gasteiger partial charge >= 0.3 is 0 Å². The molecule has 3 aliphatic rings. The highest BCUT2D eigenvalue weighted by Gasteiger charge is 2.43. The SMILES string of the molecule is CCCC(=O)N[C@H]1C[C@H]2CN(c3ncc(F)c(N4CCOCC4)n3)C[C@H]2C[C@@H]1O. The van der Waals surface area contributed by atoms with Gasteiger partial charge in [0.15, 0.2) is 11.6 Å². The Balaban J connectivity index is 1.43. The molecule has 3 heterocycles. The van der Waals surface area contributed by atoms with Crippen molar-refractivity contribution in [3.8, 4) is 0 Å². The van der Waals surface area contributed by atoms with Crippen LogP contribution in [-0.2, 0) is 9.53 Å². The minimum Gasteiger partial charge on any atom is -0.391 e. The van der Waals surface area contributed by atoms with Gasteiger partial charge in [0.1, 0.15) is 0 Å². The zero-order valence-electron chi connectivity index (χ0n) is 16.9. The lowest BCUT2D eigenvalue weighted by Crippen LogP contribution is -2.49. The van der Waals surface area contributed by atoms with Crippen molar-refractivity contribution in [2.45, 2.75) is 44.8 Å². The zero-order valence-corrected chi connectivity index (χ0v) is 16.9. The first-order valence-electron chi connectivity index (χ1n) is 10.6. The molecule has 0 aromatic carbocycles. The van der Waals surface area contributed by atoms with Crippen LogP contribution in [0, 0.1) is 17.7 Å². The molecule has 1 aromatic rings. The Bertz CT molecular complexity index is 730. The summed E-state index contributed by atoms with van der Waals surface area (Å²) < 4.78 is 19.7. The van der Waals surface area contributed by atoms with Crippen LogP contribution >= 0.6 is 0 Å². The molecular weight excluding hydrogens is 377 g/mol. The Hall–Kier alpha value is -2.00. The van der Waals surface area contributed by atoms with E-state index in [9.17, 15) is 14.3 Å². The third-order valence-corrected chi connectivity index (χ3v) is 6.27. The van der Waals surface area contributed by atoms with Gasteiger partial charge in [0.05, 0.1) is 31.6 Å². The number of rotatable bonds is 5. The predicted octanol–water partition coefficient (Wildman–Crippen LogP) is 0.944. The van der Waals surface area contributed by atoms with E-state index in [-0.39, 0.29) is 11.9 Å². The van der Waals surface area contributed by atoms with Gasteiger partial charge in [-0.25, -0.2) is 9.37 Å². The number of hydrogen-bond acceptors (Lipinski definition) is 7. The molecule has 2 saturated heterocycles. The number of amides is 1. The van der Waals surface area contributed by atoms with Gasteiger partial charge in [0.25, 0.3) is 0 Å². The van der Waals surface area contributed by atoms with Crippen molar-refractivity contribution < 1.29 is 19.0 Å². The number of halogens is 1. The first-order valence-corrected chi connectivity index (χ1v) is 10.6. The van der Waals surface area contributed by atoms with Crippen LogP contribution < -0.4 is 15.1 Å². The second kappa shape index (κ2) is 8.79. The minimum absolute atomic E-state index is 0.00174. The van der Waals surface area contributed by atoms with E-state index in [2.05, 4.69) is 20.2 Å². The molecule has 2 aliphatic heterocycles. The highest BCUT2D eigenvalue weighted by molar-refractivity contribution is 5.76. The Morgan fingerprint density at radius 1 is 1.28 bits per heavy atom. The molecule has 160 valence electrons. The van der Waals surface area contributed by atoms with Crippen molar-refractivity contribution in [1.82, 2.24) is 15.3 Å². The smallest absolute Gasteiger partial charge is 0.227 e. The maximum absolute atomic E-state index is 14.3. The van der Waals surface area contributed by atoms with Crippen molar-refractivity contribution in [3.05, 3.63) is 12.0 Å². The number of aliphatic hydroxyl groups excluding tert-OH is 1. The largest absolute Gasteiger partial charge is 0.391 e. The molecule has 4 atom stereocenters. The van der Waals surface area contributed by atoms with Gasteiger partial charge in [-0.15, -0.1) is 0 Å². The minimum atomic E-state index is -0.532. The number of anilines is 2. The third kappa shape index (κ3) is 4.45. The average molecular weight is 407 g/mol. The number of aromatic nitrogens is 2. The number of nitrogens with one attached hydrogen (secondary N) is 1. The van der Waals surface area contributed by atoms with Gasteiger partial charge in [0, 0.05) is 32.6 Å². The van der Waals surface area contributed by atoms with Crippen LogP contribution in [0.2, 0.25) is 0 Å². The van der Waals surface area contributed by atoms with Crippen LogP contribution in [0.15, 0.2) is 6.20 Å². The number of morpholine rings is 1. The van der Waals surface area contributed by atoms with Crippen LogP contribution in [0.25, 0.3) is 0 Å². The standard InChI is InChI=1S/C20H30FN5O3/c1-2-3-18(28)23-16-8-13-11-26(12-14(13)9-17(16)27)20-22-10-15(21)19(24-20)25-4-6-29-7-5-25/h10,13-14,16-17,27H,2-9,11-12H2,1H3,(H,23,28)/t13-,14+,16-,17-/m0/s1. The lowest BCUT2D eigenvalue weighted by Gasteiger charge is -2.35. The molecule has 1 aromatic heterocycles. The highest BCUT2D eigenvalue weighted by Crippen LogP contribution is 2.38. The third-order valence-electron chi connectivity index (χ3n) is 6.27.